The third-order valence-electron chi connectivity index (χ3n) is 14.5. The van der Waals surface area contributed by atoms with Gasteiger partial charge in [0.1, 0.15) is 0 Å². The number of rotatable bonds is 8. The normalized spacial score (nSPS) is 13.5. The van der Waals surface area contributed by atoms with E-state index in [0.717, 1.165) is 62.3 Å². The quantitative estimate of drug-likeness (QED) is 0.142. The van der Waals surface area contributed by atoms with Crippen LogP contribution in [-0.4, -0.2) is 16.7 Å². The highest BCUT2D eigenvalue weighted by Gasteiger charge is 2.53. The first-order chi connectivity index (χ1) is 33.5. The fourth-order valence-electron chi connectivity index (χ4n) is 11.6. The van der Waals surface area contributed by atoms with Crippen molar-refractivity contribution < 1.29 is 0 Å². The lowest BCUT2D eigenvalue weighted by molar-refractivity contribution is 0.697. The summed E-state index contributed by atoms with van der Waals surface area (Å²) in [6, 6.07) is 77.8. The molecule has 322 valence electrons. The molecule has 0 saturated heterocycles. The maximum absolute atomic E-state index is 5.03. The van der Waals surface area contributed by atoms with Crippen LogP contribution in [0.25, 0.3) is 22.5 Å². The van der Waals surface area contributed by atoms with Gasteiger partial charge in [-0.15, -0.1) is 0 Å². The van der Waals surface area contributed by atoms with Gasteiger partial charge in [-0.3, -0.25) is 9.97 Å². The molecule has 0 saturated carbocycles. The molecule has 0 N–H and O–H groups in total. The molecule has 2 aromatic heterocycles. The zero-order valence-corrected chi connectivity index (χ0v) is 38.2. The Labute approximate surface area is 398 Å². The summed E-state index contributed by atoms with van der Waals surface area (Å²) in [5.74, 6) is 0. The Morgan fingerprint density at radius 2 is 0.824 bits per heavy atom. The van der Waals surface area contributed by atoms with Gasteiger partial charge < -0.3 is 14.7 Å². The second-order valence-corrected chi connectivity index (χ2v) is 18.4. The number of hydrogen-bond donors (Lipinski definition) is 0. The maximum Gasteiger partial charge on any atom is 0.252 e. The summed E-state index contributed by atoms with van der Waals surface area (Å²) in [5.41, 5.74) is 23.7. The fourth-order valence-corrected chi connectivity index (χ4v) is 11.6. The van der Waals surface area contributed by atoms with Crippen molar-refractivity contribution in [3.8, 4) is 22.5 Å². The molecular weight excluding hydrogens is 826 g/mol. The van der Waals surface area contributed by atoms with Crippen LogP contribution in [0.2, 0.25) is 0 Å². The van der Waals surface area contributed by atoms with E-state index in [2.05, 4.69) is 248 Å². The molecule has 8 aromatic carbocycles. The van der Waals surface area contributed by atoms with Gasteiger partial charge in [0.05, 0.1) is 28.5 Å². The van der Waals surface area contributed by atoms with Gasteiger partial charge in [-0.25, -0.2) is 0 Å². The molecule has 0 aliphatic carbocycles. The molecule has 5 heterocycles. The van der Waals surface area contributed by atoms with Crippen LogP contribution in [0.3, 0.4) is 0 Å². The van der Waals surface area contributed by atoms with Crippen LogP contribution in [0.1, 0.15) is 34.7 Å². The molecule has 6 heteroatoms. The second-order valence-electron chi connectivity index (χ2n) is 18.4. The van der Waals surface area contributed by atoms with Gasteiger partial charge in [-0.1, -0.05) is 127 Å². The molecule has 0 fully saturated rings. The van der Waals surface area contributed by atoms with E-state index in [4.69, 9.17) is 9.97 Å². The Hall–Kier alpha value is -8.48. The minimum absolute atomic E-state index is 0.0637. The summed E-state index contributed by atoms with van der Waals surface area (Å²) in [5, 5.41) is 0. The van der Waals surface area contributed by atoms with Gasteiger partial charge in [0.15, 0.2) is 0 Å². The Bertz CT molecular complexity index is 3380. The molecule has 5 nitrogen and oxygen atoms in total. The van der Waals surface area contributed by atoms with E-state index in [9.17, 15) is 0 Å². The smallest absolute Gasteiger partial charge is 0.252 e. The predicted molar refractivity (Wildman–Crippen MR) is 283 cm³/mol. The molecule has 3 aliphatic rings. The van der Waals surface area contributed by atoms with E-state index in [0.29, 0.717) is 0 Å². The minimum atomic E-state index is -0.479. The Kier molecular flexibility index (Phi) is 9.13. The summed E-state index contributed by atoms with van der Waals surface area (Å²) in [4.78, 5) is 17.6. The zero-order valence-electron chi connectivity index (χ0n) is 38.2. The number of aromatic nitrogens is 2. The van der Waals surface area contributed by atoms with Crippen LogP contribution in [0.4, 0.5) is 51.2 Å². The van der Waals surface area contributed by atoms with Crippen molar-refractivity contribution in [3.63, 3.8) is 0 Å². The van der Waals surface area contributed by atoms with Crippen LogP contribution in [0.15, 0.2) is 225 Å². The second kappa shape index (κ2) is 15.6. The van der Waals surface area contributed by atoms with Crippen molar-refractivity contribution in [2.24, 2.45) is 0 Å². The van der Waals surface area contributed by atoms with Crippen molar-refractivity contribution in [2.75, 3.05) is 14.7 Å². The number of pyridine rings is 2. The van der Waals surface area contributed by atoms with E-state index >= 15 is 0 Å². The molecule has 68 heavy (non-hydrogen) atoms. The molecule has 13 rings (SSSR count). The zero-order chi connectivity index (χ0) is 45.5. The molecule has 3 aliphatic heterocycles. The van der Waals surface area contributed by atoms with E-state index in [-0.39, 0.29) is 6.71 Å². The molecule has 0 bridgehead atoms. The minimum Gasteiger partial charge on any atom is -0.311 e. The van der Waals surface area contributed by atoms with Crippen LogP contribution < -0.4 is 31.1 Å². The first-order valence-corrected chi connectivity index (χ1v) is 23.5. The van der Waals surface area contributed by atoms with Gasteiger partial charge in [-0.2, -0.15) is 0 Å². The van der Waals surface area contributed by atoms with Crippen molar-refractivity contribution in [3.05, 3.63) is 253 Å². The summed E-state index contributed by atoms with van der Waals surface area (Å²) >= 11 is 0. The molecule has 0 amide bonds. The van der Waals surface area contributed by atoms with E-state index in [1.807, 2.05) is 12.4 Å². The number of para-hydroxylation sites is 4. The Morgan fingerprint density at radius 3 is 1.29 bits per heavy atom. The van der Waals surface area contributed by atoms with Crippen LogP contribution in [0, 0.1) is 13.8 Å². The van der Waals surface area contributed by atoms with Crippen molar-refractivity contribution in [2.45, 2.75) is 26.2 Å². The first kappa shape index (κ1) is 39.9. The number of benzene rings is 8. The first-order valence-electron chi connectivity index (χ1n) is 23.5. The lowest BCUT2D eigenvalue weighted by Crippen LogP contribution is -2.67. The lowest BCUT2D eigenvalue weighted by atomic mass is 9.28. The molecule has 0 unspecified atom stereocenters. The summed E-state index contributed by atoms with van der Waals surface area (Å²) < 4.78 is 0. The van der Waals surface area contributed by atoms with Gasteiger partial charge in [-0.05, 0) is 150 Å². The molecule has 0 radical (unpaired) electrons. The average molecular weight is 872 g/mol. The Balaban J connectivity index is 1.21. The predicted octanol–water partition coefficient (Wildman–Crippen LogP) is 13.6. The Morgan fingerprint density at radius 1 is 0.397 bits per heavy atom. The highest BCUT2D eigenvalue weighted by Crippen LogP contribution is 2.54. The van der Waals surface area contributed by atoms with E-state index < -0.39 is 5.41 Å². The monoisotopic (exact) mass is 871 g/mol. The number of aryl methyl sites for hydroxylation is 2. The van der Waals surface area contributed by atoms with Crippen LogP contribution >= 0.6 is 0 Å². The highest BCUT2D eigenvalue weighted by molar-refractivity contribution is 7.01. The molecule has 0 spiro atoms. The number of nitrogens with zero attached hydrogens (tertiary/aromatic N) is 5. The third-order valence-corrected chi connectivity index (χ3v) is 14.5. The van der Waals surface area contributed by atoms with Crippen LogP contribution in [0.5, 0.6) is 0 Å². The van der Waals surface area contributed by atoms with Crippen LogP contribution in [-0.2, 0) is 5.41 Å². The van der Waals surface area contributed by atoms with Gasteiger partial charge in [0, 0.05) is 63.1 Å². The van der Waals surface area contributed by atoms with Crippen molar-refractivity contribution in [1.82, 2.24) is 9.97 Å². The molecular formula is C62H46BN5. The SMILES string of the molecule is Cc1ccnc(-c2ccccc2N2c3cc(N(c4ccccc4)c4ccccc4)cc4c3B3c5c2cccc5C(C)(c2ccccc2)c2cccc(c23)N4c2ccccc2-c2cc(C)ccn2)c1. The highest BCUT2D eigenvalue weighted by atomic mass is 15.2. The maximum atomic E-state index is 5.03. The lowest BCUT2D eigenvalue weighted by Gasteiger charge is -2.51. The average Bonchev–Trinajstić information content (AvgIpc) is 3.39. The largest absolute Gasteiger partial charge is 0.311 e. The number of anilines is 9. The topological polar surface area (TPSA) is 35.5 Å². The van der Waals surface area contributed by atoms with Crippen molar-refractivity contribution in [1.29, 1.82) is 0 Å². The van der Waals surface area contributed by atoms with Gasteiger partial charge in [0.2, 0.25) is 0 Å². The molecule has 0 atom stereocenters. The van der Waals surface area contributed by atoms with E-state index in [1.54, 1.807) is 0 Å². The standard InChI is InChI=1S/C62H46BN5/c1-41-33-35-64-51(37-41)47-25-13-15-29-53(47)67-55-31-17-27-49-59(55)63-60-50(62(49,3)43-19-7-4-8-20-43)28-18-32-56(60)68(54-30-16-14-26-48(54)52-38-42(2)34-36-65-52)58-40-46(39-57(67)61(58)63)66(44-21-9-5-10-22-44)45-23-11-6-12-24-45/h4-40H,1-3H3. The summed E-state index contributed by atoms with van der Waals surface area (Å²) in [6.45, 7) is 6.67. The fraction of sp³-hybridized carbons (Fsp3) is 0.0645. The third kappa shape index (κ3) is 5.97. The summed E-state index contributed by atoms with van der Waals surface area (Å²) in [6.07, 6.45) is 3.86. The number of hydrogen-bond acceptors (Lipinski definition) is 5. The summed E-state index contributed by atoms with van der Waals surface area (Å²) in [7, 11) is 0. The van der Waals surface area contributed by atoms with Gasteiger partial charge >= 0.3 is 0 Å². The van der Waals surface area contributed by atoms with Crippen molar-refractivity contribution >= 4 is 74.3 Å². The van der Waals surface area contributed by atoms with Gasteiger partial charge in [0.25, 0.3) is 6.71 Å². The van der Waals surface area contributed by atoms with E-state index in [1.165, 1.54) is 55.6 Å². The molecule has 10 aromatic rings.